The highest BCUT2D eigenvalue weighted by Crippen LogP contribution is 2.26. The minimum Gasteiger partial charge on any atom is -0.491 e. The highest BCUT2D eigenvalue weighted by molar-refractivity contribution is 5.94. The van der Waals surface area contributed by atoms with Crippen LogP contribution in [0.15, 0.2) is 24.3 Å². The first kappa shape index (κ1) is 14.4. The van der Waals surface area contributed by atoms with E-state index in [1.54, 1.807) is 0 Å². The summed E-state index contributed by atoms with van der Waals surface area (Å²) in [6.07, 6.45) is 2.58. The zero-order valence-electron chi connectivity index (χ0n) is 12.8. The van der Waals surface area contributed by atoms with Gasteiger partial charge in [0, 0.05) is 24.7 Å². The minimum absolute atomic E-state index is 0.120. The van der Waals surface area contributed by atoms with Crippen molar-refractivity contribution >= 4 is 5.91 Å². The summed E-state index contributed by atoms with van der Waals surface area (Å²) in [4.78, 5) is 14.7. The van der Waals surface area contributed by atoms with Gasteiger partial charge in [0.1, 0.15) is 5.75 Å². The summed E-state index contributed by atoms with van der Waals surface area (Å²) in [5, 5.41) is 3.54. The molecule has 1 N–H and O–H groups in total. The zero-order chi connectivity index (χ0) is 14.8. The van der Waals surface area contributed by atoms with Gasteiger partial charge in [-0.1, -0.05) is 6.07 Å². The van der Waals surface area contributed by atoms with Crippen LogP contribution in [0.1, 0.15) is 37.0 Å². The number of benzene rings is 1. The molecule has 2 aliphatic rings. The number of carbonyl (C=O) groups is 1. The van der Waals surface area contributed by atoms with Gasteiger partial charge in [-0.3, -0.25) is 4.79 Å². The van der Waals surface area contributed by atoms with Crippen LogP contribution < -0.4 is 10.1 Å². The smallest absolute Gasteiger partial charge is 0.254 e. The van der Waals surface area contributed by atoms with E-state index < -0.39 is 0 Å². The Kier molecular flexibility index (Phi) is 4.15. The van der Waals surface area contributed by atoms with E-state index in [9.17, 15) is 4.79 Å². The molecule has 2 unspecified atom stereocenters. The topological polar surface area (TPSA) is 41.6 Å². The van der Waals surface area contributed by atoms with Crippen molar-refractivity contribution < 1.29 is 9.53 Å². The number of hydrogen-bond acceptors (Lipinski definition) is 3. The Morgan fingerprint density at radius 3 is 3.00 bits per heavy atom. The fraction of sp³-hybridized carbons (Fsp3) is 0.588. The second-order valence-electron chi connectivity index (χ2n) is 6.37. The molecule has 2 aliphatic heterocycles. The third-order valence-corrected chi connectivity index (χ3v) is 4.34. The van der Waals surface area contributed by atoms with Crippen molar-refractivity contribution in [2.45, 2.75) is 38.8 Å². The molecule has 114 valence electrons. The van der Waals surface area contributed by atoms with Crippen LogP contribution in [0.25, 0.3) is 0 Å². The largest absolute Gasteiger partial charge is 0.491 e. The number of ether oxygens (including phenoxy) is 1. The molecule has 4 heteroatoms. The monoisotopic (exact) mass is 288 g/mol. The fourth-order valence-electron chi connectivity index (χ4n) is 3.37. The van der Waals surface area contributed by atoms with E-state index in [1.165, 1.54) is 12.8 Å². The molecular weight excluding hydrogens is 264 g/mol. The molecule has 1 amide bonds. The van der Waals surface area contributed by atoms with E-state index in [4.69, 9.17) is 4.74 Å². The van der Waals surface area contributed by atoms with E-state index in [0.29, 0.717) is 12.0 Å². The molecule has 2 saturated heterocycles. The highest BCUT2D eigenvalue weighted by Gasteiger charge is 2.36. The van der Waals surface area contributed by atoms with Crippen molar-refractivity contribution in [3.8, 4) is 5.75 Å². The predicted molar refractivity (Wildman–Crippen MR) is 82.6 cm³/mol. The maximum atomic E-state index is 12.7. The highest BCUT2D eigenvalue weighted by atomic mass is 16.5. The molecule has 0 radical (unpaired) electrons. The first-order chi connectivity index (χ1) is 10.1. The number of fused-ring (bicyclic) bond motifs is 1. The van der Waals surface area contributed by atoms with Gasteiger partial charge in [0.15, 0.2) is 0 Å². The predicted octanol–water partition coefficient (Wildman–Crippen LogP) is 2.30. The first-order valence-corrected chi connectivity index (χ1v) is 7.93. The van der Waals surface area contributed by atoms with Crippen molar-refractivity contribution in [3.63, 3.8) is 0 Å². The maximum Gasteiger partial charge on any atom is 0.254 e. The summed E-state index contributed by atoms with van der Waals surface area (Å²) in [7, 11) is 0. The number of nitrogens with one attached hydrogen (secondary N) is 1. The summed E-state index contributed by atoms with van der Waals surface area (Å²) >= 11 is 0. The fourth-order valence-corrected chi connectivity index (χ4v) is 3.37. The summed E-state index contributed by atoms with van der Waals surface area (Å²) in [5.41, 5.74) is 0.729. The lowest BCUT2D eigenvalue weighted by atomic mass is 9.94. The molecule has 21 heavy (non-hydrogen) atoms. The zero-order valence-corrected chi connectivity index (χ0v) is 12.8. The molecule has 2 heterocycles. The number of likely N-dealkylation sites (tertiary alicyclic amines) is 1. The average Bonchev–Trinajstić information content (AvgIpc) is 2.90. The van der Waals surface area contributed by atoms with Crippen LogP contribution in [0.2, 0.25) is 0 Å². The van der Waals surface area contributed by atoms with Crippen molar-refractivity contribution in [2.75, 3.05) is 19.6 Å². The Balaban J connectivity index is 1.70. The number of amides is 1. The number of rotatable bonds is 3. The van der Waals surface area contributed by atoms with E-state index in [0.717, 1.165) is 30.9 Å². The third-order valence-electron chi connectivity index (χ3n) is 4.34. The van der Waals surface area contributed by atoms with Crippen LogP contribution in [-0.4, -0.2) is 42.6 Å². The molecule has 0 aliphatic carbocycles. The minimum atomic E-state index is 0.120. The molecular formula is C17H24N2O2. The Labute approximate surface area is 126 Å². The summed E-state index contributed by atoms with van der Waals surface area (Å²) in [6, 6.07) is 8.02. The lowest BCUT2D eigenvalue weighted by Crippen LogP contribution is -2.41. The second kappa shape index (κ2) is 6.06. The average molecular weight is 288 g/mol. The van der Waals surface area contributed by atoms with E-state index in [1.807, 2.05) is 43.0 Å². The number of nitrogens with zero attached hydrogens (tertiary/aromatic N) is 1. The standard InChI is InChI=1S/C17H24N2O2/c1-12(2)21-15-7-3-5-13(9-15)17(20)19-10-14-6-4-8-18-16(14)11-19/h3,5,7,9,12,14,16,18H,4,6,8,10-11H2,1-2H3. The van der Waals surface area contributed by atoms with Gasteiger partial charge in [0.05, 0.1) is 6.10 Å². The molecule has 0 bridgehead atoms. The molecule has 2 atom stereocenters. The van der Waals surface area contributed by atoms with Crippen molar-refractivity contribution in [2.24, 2.45) is 5.92 Å². The van der Waals surface area contributed by atoms with Crippen LogP contribution in [0.4, 0.5) is 0 Å². The molecule has 0 aromatic heterocycles. The third kappa shape index (κ3) is 3.21. The summed E-state index contributed by atoms with van der Waals surface area (Å²) in [6.45, 7) is 6.78. The normalized spacial score (nSPS) is 25.0. The van der Waals surface area contributed by atoms with E-state index in [2.05, 4.69) is 5.32 Å². The van der Waals surface area contributed by atoms with Crippen LogP contribution in [0.5, 0.6) is 5.75 Å². The van der Waals surface area contributed by atoms with E-state index in [-0.39, 0.29) is 12.0 Å². The van der Waals surface area contributed by atoms with Crippen LogP contribution in [0.3, 0.4) is 0 Å². The molecule has 3 rings (SSSR count). The van der Waals surface area contributed by atoms with Crippen LogP contribution in [0, 0.1) is 5.92 Å². The molecule has 1 aromatic carbocycles. The van der Waals surface area contributed by atoms with Gasteiger partial charge in [-0.2, -0.15) is 0 Å². The SMILES string of the molecule is CC(C)Oc1cccc(C(=O)N2CC3CCCNC3C2)c1. The van der Waals surface area contributed by atoms with Crippen LogP contribution in [-0.2, 0) is 0 Å². The Morgan fingerprint density at radius 2 is 2.24 bits per heavy atom. The van der Waals surface area contributed by atoms with Gasteiger partial charge in [-0.05, 0) is 57.4 Å². The van der Waals surface area contributed by atoms with Crippen LogP contribution >= 0.6 is 0 Å². The van der Waals surface area contributed by atoms with Gasteiger partial charge in [-0.15, -0.1) is 0 Å². The summed E-state index contributed by atoms with van der Waals surface area (Å²) < 4.78 is 5.68. The summed E-state index contributed by atoms with van der Waals surface area (Å²) in [5.74, 6) is 1.52. The lowest BCUT2D eigenvalue weighted by molar-refractivity contribution is 0.0785. The van der Waals surface area contributed by atoms with Crippen molar-refractivity contribution in [3.05, 3.63) is 29.8 Å². The second-order valence-corrected chi connectivity index (χ2v) is 6.37. The van der Waals surface area contributed by atoms with Gasteiger partial charge in [0.25, 0.3) is 5.91 Å². The van der Waals surface area contributed by atoms with Gasteiger partial charge >= 0.3 is 0 Å². The van der Waals surface area contributed by atoms with Crippen molar-refractivity contribution in [1.29, 1.82) is 0 Å². The Morgan fingerprint density at radius 1 is 1.38 bits per heavy atom. The molecule has 4 nitrogen and oxygen atoms in total. The number of carbonyl (C=O) groups excluding carboxylic acids is 1. The molecule has 0 spiro atoms. The molecule has 1 aromatic rings. The molecule has 0 saturated carbocycles. The molecule has 2 fully saturated rings. The lowest BCUT2D eigenvalue weighted by Gasteiger charge is -2.24. The maximum absolute atomic E-state index is 12.7. The quantitative estimate of drug-likeness (QED) is 0.928. The Bertz CT molecular complexity index is 501. The van der Waals surface area contributed by atoms with Gasteiger partial charge in [-0.25, -0.2) is 0 Å². The first-order valence-electron chi connectivity index (χ1n) is 7.93. The van der Waals surface area contributed by atoms with Crippen molar-refractivity contribution in [1.82, 2.24) is 10.2 Å². The number of piperidine rings is 1. The van der Waals surface area contributed by atoms with Gasteiger partial charge in [0.2, 0.25) is 0 Å². The van der Waals surface area contributed by atoms with Gasteiger partial charge < -0.3 is 15.0 Å². The number of hydrogen-bond donors (Lipinski definition) is 1. The van der Waals surface area contributed by atoms with E-state index >= 15 is 0 Å². The Hall–Kier alpha value is -1.55.